The van der Waals surface area contributed by atoms with Gasteiger partial charge in [0.05, 0.1) is 30.2 Å². The third-order valence-corrected chi connectivity index (χ3v) is 3.42. The monoisotopic (exact) mass is 221 g/mol. The maximum Gasteiger partial charge on any atom is 0.0637 e. The van der Waals surface area contributed by atoms with E-state index in [1.54, 1.807) is 0 Å². The summed E-state index contributed by atoms with van der Waals surface area (Å²) in [5, 5.41) is 9.39. The van der Waals surface area contributed by atoms with Crippen LogP contribution >= 0.6 is 0 Å². The fraction of sp³-hybridized carbons (Fsp3) is 0.583. The maximum absolute atomic E-state index is 9.39. The van der Waals surface area contributed by atoms with E-state index >= 15 is 0 Å². The first kappa shape index (κ1) is 11.4. The molecule has 2 atom stereocenters. The summed E-state index contributed by atoms with van der Waals surface area (Å²) in [6.07, 6.45) is 2.98. The topological polar surface area (TPSA) is 62.4 Å². The van der Waals surface area contributed by atoms with Crippen LogP contribution < -0.4 is 10.6 Å². The molecule has 3 N–H and O–H groups in total. The van der Waals surface area contributed by atoms with E-state index in [1.165, 1.54) is 0 Å². The van der Waals surface area contributed by atoms with Gasteiger partial charge in [-0.25, -0.2) is 0 Å². The fourth-order valence-electron chi connectivity index (χ4n) is 2.31. The molecule has 16 heavy (non-hydrogen) atoms. The molecule has 2 rings (SSSR count). The standard InChI is InChI=1S/C12H19N3O/c1-9-4-5-15(12(9)8-16)11-3-2-10(6-13)14-7-11/h2-3,7,9,12,16H,4-6,8,13H2,1H3. The maximum atomic E-state index is 9.39. The molecule has 4 nitrogen and oxygen atoms in total. The zero-order valence-electron chi connectivity index (χ0n) is 9.63. The normalized spacial score (nSPS) is 25.1. The van der Waals surface area contributed by atoms with Gasteiger partial charge in [0.2, 0.25) is 0 Å². The summed E-state index contributed by atoms with van der Waals surface area (Å²) >= 11 is 0. The van der Waals surface area contributed by atoms with Gasteiger partial charge in [-0.15, -0.1) is 0 Å². The van der Waals surface area contributed by atoms with Crippen molar-refractivity contribution in [2.45, 2.75) is 25.9 Å². The molecule has 1 aliphatic heterocycles. The highest BCUT2D eigenvalue weighted by molar-refractivity contribution is 5.47. The van der Waals surface area contributed by atoms with Gasteiger partial charge in [0.25, 0.3) is 0 Å². The van der Waals surface area contributed by atoms with E-state index in [-0.39, 0.29) is 12.6 Å². The highest BCUT2D eigenvalue weighted by Crippen LogP contribution is 2.28. The van der Waals surface area contributed by atoms with Gasteiger partial charge < -0.3 is 15.7 Å². The Bertz CT molecular complexity index is 339. The lowest BCUT2D eigenvalue weighted by atomic mass is 10.0. The molecule has 0 saturated carbocycles. The molecule has 1 aromatic rings. The molecule has 0 aliphatic carbocycles. The largest absolute Gasteiger partial charge is 0.394 e. The Morgan fingerprint density at radius 3 is 2.94 bits per heavy atom. The second-order valence-corrected chi connectivity index (χ2v) is 4.42. The Morgan fingerprint density at radius 1 is 1.56 bits per heavy atom. The van der Waals surface area contributed by atoms with Crippen LogP contribution in [0.15, 0.2) is 18.3 Å². The smallest absolute Gasteiger partial charge is 0.0637 e. The molecule has 4 heteroatoms. The molecular formula is C12H19N3O. The number of aromatic nitrogens is 1. The molecule has 1 aromatic heterocycles. The van der Waals surface area contributed by atoms with Crippen molar-refractivity contribution in [2.75, 3.05) is 18.1 Å². The lowest BCUT2D eigenvalue weighted by molar-refractivity contribution is 0.244. The van der Waals surface area contributed by atoms with Crippen molar-refractivity contribution in [2.24, 2.45) is 11.7 Å². The Hall–Kier alpha value is -1.13. The summed E-state index contributed by atoms with van der Waals surface area (Å²) in [5.41, 5.74) is 7.50. The number of anilines is 1. The van der Waals surface area contributed by atoms with E-state index < -0.39 is 0 Å². The molecule has 1 fully saturated rings. The molecule has 2 unspecified atom stereocenters. The van der Waals surface area contributed by atoms with Crippen molar-refractivity contribution in [3.8, 4) is 0 Å². The highest BCUT2D eigenvalue weighted by atomic mass is 16.3. The van der Waals surface area contributed by atoms with Crippen LogP contribution in [-0.4, -0.2) is 29.3 Å². The van der Waals surface area contributed by atoms with Crippen LogP contribution in [0, 0.1) is 5.92 Å². The summed E-state index contributed by atoms with van der Waals surface area (Å²) in [4.78, 5) is 6.52. The minimum atomic E-state index is 0.208. The Kier molecular flexibility index (Phi) is 3.41. The molecule has 0 radical (unpaired) electrons. The second-order valence-electron chi connectivity index (χ2n) is 4.42. The number of hydrogen-bond donors (Lipinski definition) is 2. The SMILES string of the molecule is CC1CCN(c2ccc(CN)nc2)C1CO. The van der Waals surface area contributed by atoms with Crippen molar-refractivity contribution >= 4 is 5.69 Å². The van der Waals surface area contributed by atoms with Gasteiger partial charge in [0.1, 0.15) is 0 Å². The Labute approximate surface area is 96.1 Å². The average molecular weight is 221 g/mol. The zero-order chi connectivity index (χ0) is 11.5. The van der Waals surface area contributed by atoms with Gasteiger partial charge in [-0.2, -0.15) is 0 Å². The molecule has 0 spiro atoms. The van der Waals surface area contributed by atoms with Crippen molar-refractivity contribution in [1.82, 2.24) is 4.98 Å². The minimum absolute atomic E-state index is 0.208. The van der Waals surface area contributed by atoms with Crippen molar-refractivity contribution in [1.29, 1.82) is 0 Å². The summed E-state index contributed by atoms with van der Waals surface area (Å²) in [6, 6.07) is 4.22. The number of rotatable bonds is 3. The van der Waals surface area contributed by atoms with Crippen LogP contribution in [0.4, 0.5) is 5.69 Å². The number of hydrogen-bond acceptors (Lipinski definition) is 4. The van der Waals surface area contributed by atoms with Gasteiger partial charge in [-0.3, -0.25) is 4.98 Å². The number of nitrogens with two attached hydrogens (primary N) is 1. The Balaban J connectivity index is 2.17. The molecule has 0 aromatic carbocycles. The molecular weight excluding hydrogens is 202 g/mol. The summed E-state index contributed by atoms with van der Waals surface area (Å²) in [5.74, 6) is 0.541. The van der Waals surface area contributed by atoms with E-state index in [2.05, 4.69) is 16.8 Å². The molecule has 1 saturated heterocycles. The van der Waals surface area contributed by atoms with Crippen molar-refractivity contribution in [3.63, 3.8) is 0 Å². The van der Waals surface area contributed by atoms with Gasteiger partial charge in [0, 0.05) is 13.1 Å². The van der Waals surface area contributed by atoms with Gasteiger partial charge in [0.15, 0.2) is 0 Å². The van der Waals surface area contributed by atoms with Gasteiger partial charge >= 0.3 is 0 Å². The number of nitrogens with zero attached hydrogens (tertiary/aromatic N) is 2. The van der Waals surface area contributed by atoms with E-state index in [0.29, 0.717) is 12.5 Å². The van der Waals surface area contributed by atoms with Gasteiger partial charge in [-0.05, 0) is 24.5 Å². The van der Waals surface area contributed by atoms with Crippen LogP contribution in [0.5, 0.6) is 0 Å². The van der Waals surface area contributed by atoms with Crippen LogP contribution in [0.3, 0.4) is 0 Å². The first-order valence-electron chi connectivity index (χ1n) is 5.78. The van der Waals surface area contributed by atoms with E-state index in [9.17, 15) is 5.11 Å². The molecule has 0 bridgehead atoms. The van der Waals surface area contributed by atoms with Crippen LogP contribution in [0.1, 0.15) is 19.0 Å². The average Bonchev–Trinajstić information content (AvgIpc) is 2.70. The van der Waals surface area contributed by atoms with Gasteiger partial charge in [-0.1, -0.05) is 6.92 Å². The molecule has 1 aliphatic rings. The van der Waals surface area contributed by atoms with Crippen molar-refractivity contribution in [3.05, 3.63) is 24.0 Å². The first-order valence-corrected chi connectivity index (χ1v) is 5.78. The lowest BCUT2D eigenvalue weighted by Crippen LogP contribution is -2.35. The molecule has 88 valence electrons. The minimum Gasteiger partial charge on any atom is -0.394 e. The number of aliphatic hydroxyl groups excluding tert-OH is 1. The fourth-order valence-corrected chi connectivity index (χ4v) is 2.31. The zero-order valence-corrected chi connectivity index (χ0v) is 9.63. The lowest BCUT2D eigenvalue weighted by Gasteiger charge is -2.27. The Morgan fingerprint density at radius 2 is 2.38 bits per heavy atom. The molecule has 0 amide bonds. The predicted molar refractivity (Wildman–Crippen MR) is 64.1 cm³/mol. The number of aliphatic hydroxyl groups is 1. The number of pyridine rings is 1. The van der Waals surface area contributed by atoms with Crippen LogP contribution in [0.25, 0.3) is 0 Å². The second kappa shape index (κ2) is 4.80. The van der Waals surface area contributed by atoms with E-state index in [4.69, 9.17) is 5.73 Å². The summed E-state index contributed by atoms with van der Waals surface area (Å²) in [7, 11) is 0. The third kappa shape index (κ3) is 2.03. The van der Waals surface area contributed by atoms with Crippen molar-refractivity contribution < 1.29 is 5.11 Å². The van der Waals surface area contributed by atoms with Crippen LogP contribution in [0.2, 0.25) is 0 Å². The van der Waals surface area contributed by atoms with Crippen LogP contribution in [-0.2, 0) is 6.54 Å². The quantitative estimate of drug-likeness (QED) is 0.790. The first-order chi connectivity index (χ1) is 7.76. The van der Waals surface area contributed by atoms with E-state index in [1.807, 2.05) is 18.3 Å². The third-order valence-electron chi connectivity index (χ3n) is 3.42. The predicted octanol–water partition coefficient (Wildman–Crippen LogP) is 0.747. The molecule has 2 heterocycles. The van der Waals surface area contributed by atoms with E-state index in [0.717, 1.165) is 24.3 Å². The highest BCUT2D eigenvalue weighted by Gasteiger charge is 2.30. The summed E-state index contributed by atoms with van der Waals surface area (Å²) in [6.45, 7) is 3.86. The summed E-state index contributed by atoms with van der Waals surface area (Å²) < 4.78 is 0.